The number of hydrogen-bond acceptors (Lipinski definition) is 1. The Morgan fingerprint density at radius 2 is 1.81 bits per heavy atom. The van der Waals surface area contributed by atoms with E-state index in [1.54, 1.807) is 6.07 Å². The van der Waals surface area contributed by atoms with Crippen LogP contribution in [0.2, 0.25) is 0 Å². The van der Waals surface area contributed by atoms with Crippen molar-refractivity contribution in [1.82, 2.24) is 5.32 Å². The van der Waals surface area contributed by atoms with Gasteiger partial charge in [-0.1, -0.05) is 46.3 Å². The second-order valence-electron chi connectivity index (χ2n) is 4.90. The Bertz CT molecular complexity index is 623. The number of rotatable bonds is 4. The quantitative estimate of drug-likeness (QED) is 0.805. The van der Waals surface area contributed by atoms with E-state index in [2.05, 4.69) is 21.2 Å². The van der Waals surface area contributed by atoms with Crippen molar-refractivity contribution < 1.29 is 13.2 Å². The maximum Gasteiger partial charge on any atom is 0.416 e. The maximum absolute atomic E-state index is 12.6. The van der Waals surface area contributed by atoms with Crippen LogP contribution in [0.5, 0.6) is 0 Å². The lowest BCUT2D eigenvalue weighted by atomic mass is 10.1. The number of alkyl halides is 3. The fourth-order valence-electron chi connectivity index (χ4n) is 1.99. The van der Waals surface area contributed by atoms with Gasteiger partial charge in [-0.25, -0.2) is 0 Å². The second-order valence-corrected chi connectivity index (χ2v) is 5.75. The smallest absolute Gasteiger partial charge is 0.309 e. The van der Waals surface area contributed by atoms with Crippen LogP contribution in [0.3, 0.4) is 0 Å². The first-order valence-corrected chi connectivity index (χ1v) is 7.27. The molecule has 0 radical (unpaired) electrons. The molecule has 0 aliphatic rings. The molecule has 1 N–H and O–H groups in total. The van der Waals surface area contributed by atoms with Crippen molar-refractivity contribution in [3.63, 3.8) is 0 Å². The molecule has 0 saturated heterocycles. The molecule has 0 fully saturated rings. The van der Waals surface area contributed by atoms with Crippen molar-refractivity contribution in [2.45, 2.75) is 26.2 Å². The molecule has 0 bridgehead atoms. The molecule has 2 aromatic rings. The van der Waals surface area contributed by atoms with Crippen molar-refractivity contribution in [1.29, 1.82) is 0 Å². The van der Waals surface area contributed by atoms with Gasteiger partial charge >= 0.3 is 6.18 Å². The minimum absolute atomic E-state index is 0.393. The topological polar surface area (TPSA) is 12.0 Å². The van der Waals surface area contributed by atoms with Crippen LogP contribution in [0.15, 0.2) is 46.9 Å². The highest BCUT2D eigenvalue weighted by Crippen LogP contribution is 2.29. The molecule has 1 nitrogen and oxygen atoms in total. The van der Waals surface area contributed by atoms with Crippen LogP contribution in [-0.4, -0.2) is 0 Å². The second kappa shape index (κ2) is 6.62. The molecular formula is C16H15BrF3N. The molecule has 0 aromatic heterocycles. The lowest BCUT2D eigenvalue weighted by Crippen LogP contribution is -2.14. The van der Waals surface area contributed by atoms with Crippen molar-refractivity contribution in [2.24, 2.45) is 0 Å². The summed E-state index contributed by atoms with van der Waals surface area (Å²) in [6.45, 7) is 2.99. The zero-order valence-electron chi connectivity index (χ0n) is 11.5. The Kier molecular flexibility index (Phi) is 5.06. The molecular weight excluding hydrogens is 343 g/mol. The van der Waals surface area contributed by atoms with Gasteiger partial charge in [0, 0.05) is 17.6 Å². The SMILES string of the molecule is Cc1ccc(CNCc2cccc(C(F)(F)F)c2)c(Br)c1. The van der Waals surface area contributed by atoms with Crippen LogP contribution in [0.1, 0.15) is 22.3 Å². The average molecular weight is 358 g/mol. The lowest BCUT2D eigenvalue weighted by molar-refractivity contribution is -0.137. The van der Waals surface area contributed by atoms with Crippen LogP contribution in [-0.2, 0) is 19.3 Å². The highest BCUT2D eigenvalue weighted by Gasteiger charge is 2.30. The summed E-state index contributed by atoms with van der Waals surface area (Å²) < 4.78 is 38.9. The van der Waals surface area contributed by atoms with E-state index < -0.39 is 11.7 Å². The summed E-state index contributed by atoms with van der Waals surface area (Å²) in [6.07, 6.45) is -4.30. The molecule has 0 spiro atoms. The predicted molar refractivity (Wildman–Crippen MR) is 80.9 cm³/mol. The molecule has 112 valence electrons. The molecule has 0 aliphatic heterocycles. The van der Waals surface area contributed by atoms with E-state index in [-0.39, 0.29) is 0 Å². The normalized spacial score (nSPS) is 11.7. The standard InChI is InChI=1S/C16H15BrF3N/c1-11-5-6-13(15(17)7-11)10-21-9-12-3-2-4-14(8-12)16(18,19)20/h2-8,21H,9-10H2,1H3. The number of halogens is 4. The molecule has 0 aliphatic carbocycles. The van der Waals surface area contributed by atoms with Gasteiger partial charge in [0.25, 0.3) is 0 Å². The molecule has 0 heterocycles. The van der Waals surface area contributed by atoms with E-state index in [9.17, 15) is 13.2 Å². The lowest BCUT2D eigenvalue weighted by Gasteiger charge is -2.10. The number of aryl methyl sites for hydroxylation is 1. The Balaban J connectivity index is 1.97. The summed E-state index contributed by atoms with van der Waals surface area (Å²) in [5, 5.41) is 3.16. The van der Waals surface area contributed by atoms with Gasteiger partial charge in [-0.15, -0.1) is 0 Å². The van der Waals surface area contributed by atoms with Gasteiger partial charge in [0.05, 0.1) is 5.56 Å². The Morgan fingerprint density at radius 1 is 1.05 bits per heavy atom. The van der Waals surface area contributed by atoms with Crippen molar-refractivity contribution in [2.75, 3.05) is 0 Å². The number of hydrogen-bond donors (Lipinski definition) is 1. The van der Waals surface area contributed by atoms with Gasteiger partial charge in [-0.05, 0) is 35.7 Å². The summed E-state index contributed by atoms with van der Waals surface area (Å²) >= 11 is 3.48. The first-order valence-electron chi connectivity index (χ1n) is 6.48. The number of nitrogens with one attached hydrogen (secondary N) is 1. The first-order chi connectivity index (χ1) is 9.86. The zero-order valence-corrected chi connectivity index (χ0v) is 13.1. The average Bonchev–Trinajstić information content (AvgIpc) is 2.41. The van der Waals surface area contributed by atoms with Gasteiger partial charge in [-0.2, -0.15) is 13.2 Å². The zero-order chi connectivity index (χ0) is 15.5. The minimum atomic E-state index is -4.30. The van der Waals surface area contributed by atoms with Crippen LogP contribution in [0.25, 0.3) is 0 Å². The van der Waals surface area contributed by atoms with Crippen molar-refractivity contribution in [3.8, 4) is 0 Å². The van der Waals surface area contributed by atoms with Gasteiger partial charge in [0.15, 0.2) is 0 Å². The molecule has 21 heavy (non-hydrogen) atoms. The van der Waals surface area contributed by atoms with E-state index in [1.165, 1.54) is 12.1 Å². The van der Waals surface area contributed by atoms with E-state index in [0.29, 0.717) is 18.7 Å². The Hall–Kier alpha value is -1.33. The van der Waals surface area contributed by atoms with E-state index >= 15 is 0 Å². The van der Waals surface area contributed by atoms with Crippen LogP contribution in [0, 0.1) is 6.92 Å². The van der Waals surface area contributed by atoms with Crippen molar-refractivity contribution in [3.05, 3.63) is 69.2 Å². The molecule has 5 heteroatoms. The summed E-state index contributed by atoms with van der Waals surface area (Å²) in [5.74, 6) is 0. The van der Waals surface area contributed by atoms with E-state index in [4.69, 9.17) is 0 Å². The third-order valence-electron chi connectivity index (χ3n) is 3.11. The van der Waals surface area contributed by atoms with E-state index in [0.717, 1.165) is 21.7 Å². The minimum Gasteiger partial charge on any atom is -0.309 e. The Labute approximate surface area is 130 Å². The fraction of sp³-hybridized carbons (Fsp3) is 0.250. The summed E-state index contributed by atoms with van der Waals surface area (Å²) in [4.78, 5) is 0. The molecule has 0 atom stereocenters. The fourth-order valence-corrected chi connectivity index (χ4v) is 2.63. The summed E-state index contributed by atoms with van der Waals surface area (Å²) in [7, 11) is 0. The molecule has 0 unspecified atom stereocenters. The van der Waals surface area contributed by atoms with Crippen LogP contribution in [0.4, 0.5) is 13.2 Å². The molecule has 2 rings (SSSR count). The third kappa shape index (κ3) is 4.58. The van der Waals surface area contributed by atoms with Crippen LogP contribution < -0.4 is 5.32 Å². The summed E-state index contributed by atoms with van der Waals surface area (Å²) in [6, 6.07) is 11.4. The first kappa shape index (κ1) is 16.0. The highest BCUT2D eigenvalue weighted by atomic mass is 79.9. The van der Waals surface area contributed by atoms with E-state index in [1.807, 2.05) is 25.1 Å². The predicted octanol–water partition coefficient (Wildman–Crippen LogP) is 5.07. The van der Waals surface area contributed by atoms with Crippen molar-refractivity contribution >= 4 is 15.9 Å². The maximum atomic E-state index is 12.6. The number of benzene rings is 2. The molecule has 2 aromatic carbocycles. The third-order valence-corrected chi connectivity index (χ3v) is 3.85. The van der Waals surface area contributed by atoms with Gasteiger partial charge in [0.2, 0.25) is 0 Å². The Morgan fingerprint density at radius 3 is 2.48 bits per heavy atom. The van der Waals surface area contributed by atoms with Gasteiger partial charge in [-0.3, -0.25) is 0 Å². The highest BCUT2D eigenvalue weighted by molar-refractivity contribution is 9.10. The van der Waals surface area contributed by atoms with Gasteiger partial charge in [0.1, 0.15) is 0 Å². The molecule has 0 saturated carbocycles. The molecule has 0 amide bonds. The monoisotopic (exact) mass is 357 g/mol. The largest absolute Gasteiger partial charge is 0.416 e. The van der Waals surface area contributed by atoms with Gasteiger partial charge < -0.3 is 5.32 Å². The van der Waals surface area contributed by atoms with Crippen LogP contribution >= 0.6 is 15.9 Å². The summed E-state index contributed by atoms with van der Waals surface area (Å²) in [5.41, 5.74) is 2.24.